The Hall–Kier alpha value is -2.78. The summed E-state index contributed by atoms with van der Waals surface area (Å²) in [7, 11) is 0. The second-order valence-corrected chi connectivity index (χ2v) is 7.91. The van der Waals surface area contributed by atoms with Gasteiger partial charge in [0.05, 0.1) is 5.71 Å². The van der Waals surface area contributed by atoms with Crippen molar-refractivity contribution in [2.45, 2.75) is 19.8 Å². The summed E-state index contributed by atoms with van der Waals surface area (Å²) >= 11 is 4.48. The zero-order valence-electron chi connectivity index (χ0n) is 16.0. The van der Waals surface area contributed by atoms with E-state index in [0.717, 1.165) is 35.4 Å². The van der Waals surface area contributed by atoms with Crippen molar-refractivity contribution >= 4 is 35.2 Å². The highest BCUT2D eigenvalue weighted by Crippen LogP contribution is 2.42. The van der Waals surface area contributed by atoms with Crippen LogP contribution in [0.2, 0.25) is 0 Å². The first-order valence-electron chi connectivity index (χ1n) is 9.48. The van der Waals surface area contributed by atoms with Gasteiger partial charge in [0.25, 0.3) is 0 Å². The van der Waals surface area contributed by atoms with Crippen molar-refractivity contribution in [2.75, 3.05) is 11.5 Å². The molecule has 0 saturated heterocycles. The first-order chi connectivity index (χ1) is 13.5. The Morgan fingerprint density at radius 1 is 1.14 bits per heavy atom. The molecule has 140 valence electrons. The number of thiol groups is 1. The fourth-order valence-electron chi connectivity index (χ4n) is 4.04. The van der Waals surface area contributed by atoms with Gasteiger partial charge in [-0.15, -0.1) is 0 Å². The van der Waals surface area contributed by atoms with E-state index >= 15 is 0 Å². The van der Waals surface area contributed by atoms with E-state index in [-0.39, 0.29) is 0 Å². The molecular formula is C25H24N2S. The number of nitrogens with one attached hydrogen (secondary N) is 1. The smallest absolute Gasteiger partial charge is 0.0543 e. The molecule has 0 heterocycles. The zero-order valence-corrected chi connectivity index (χ0v) is 16.9. The molecule has 0 aromatic heterocycles. The largest absolute Gasteiger partial charge is 0.399 e. The molecule has 0 atom stereocenters. The summed E-state index contributed by atoms with van der Waals surface area (Å²) in [5.74, 6) is 0.791. The van der Waals surface area contributed by atoms with Gasteiger partial charge in [0.15, 0.2) is 0 Å². The molecule has 2 aromatic carbocycles. The maximum atomic E-state index is 8.07. The number of allylic oxidation sites excluding steroid dienone is 6. The molecule has 0 radical (unpaired) electrons. The van der Waals surface area contributed by atoms with Crippen molar-refractivity contribution in [3.63, 3.8) is 0 Å². The lowest BCUT2D eigenvalue weighted by molar-refractivity contribution is 1.11. The molecule has 0 saturated carbocycles. The van der Waals surface area contributed by atoms with Crippen LogP contribution in [-0.4, -0.2) is 11.5 Å². The SMILES string of the molecule is C=C(C)c1ccc(CCS)c(C2=C3C=CC(=N)C=C3Cc3cc(N)ccc32)c1. The van der Waals surface area contributed by atoms with Gasteiger partial charge in [-0.2, -0.15) is 12.6 Å². The minimum atomic E-state index is 0.539. The Morgan fingerprint density at radius 2 is 1.96 bits per heavy atom. The number of hydrogen-bond acceptors (Lipinski definition) is 3. The Kier molecular flexibility index (Phi) is 4.86. The zero-order chi connectivity index (χ0) is 19.8. The molecule has 3 heteroatoms. The lowest BCUT2D eigenvalue weighted by atomic mass is 9.76. The predicted molar refractivity (Wildman–Crippen MR) is 124 cm³/mol. The average Bonchev–Trinajstić information content (AvgIpc) is 2.66. The van der Waals surface area contributed by atoms with Crippen LogP contribution in [-0.2, 0) is 12.8 Å². The molecule has 0 aliphatic heterocycles. The molecule has 2 aliphatic rings. The summed E-state index contributed by atoms with van der Waals surface area (Å²) in [4.78, 5) is 0. The Balaban J connectivity index is 2.05. The second kappa shape index (κ2) is 7.33. The third-order valence-corrected chi connectivity index (χ3v) is 5.63. The molecule has 2 aliphatic carbocycles. The van der Waals surface area contributed by atoms with Crippen LogP contribution in [0.3, 0.4) is 0 Å². The number of rotatable bonds is 4. The summed E-state index contributed by atoms with van der Waals surface area (Å²) in [6.45, 7) is 6.17. The third-order valence-electron chi connectivity index (χ3n) is 5.41. The van der Waals surface area contributed by atoms with Crippen molar-refractivity contribution in [2.24, 2.45) is 0 Å². The molecule has 28 heavy (non-hydrogen) atoms. The van der Waals surface area contributed by atoms with E-state index < -0.39 is 0 Å². The van der Waals surface area contributed by atoms with Crippen LogP contribution in [0.25, 0.3) is 11.1 Å². The molecule has 0 amide bonds. The highest BCUT2D eigenvalue weighted by atomic mass is 32.1. The Morgan fingerprint density at radius 3 is 2.71 bits per heavy atom. The van der Waals surface area contributed by atoms with Gasteiger partial charge in [0.1, 0.15) is 0 Å². The van der Waals surface area contributed by atoms with Crippen molar-refractivity contribution in [3.8, 4) is 0 Å². The fraction of sp³-hybridized carbons (Fsp3) is 0.160. The van der Waals surface area contributed by atoms with Crippen molar-refractivity contribution in [3.05, 3.63) is 100 Å². The van der Waals surface area contributed by atoms with Crippen molar-refractivity contribution < 1.29 is 0 Å². The maximum Gasteiger partial charge on any atom is 0.0543 e. The minimum absolute atomic E-state index is 0.539. The second-order valence-electron chi connectivity index (χ2n) is 7.47. The Bertz CT molecular complexity index is 1100. The van der Waals surface area contributed by atoms with Crippen molar-refractivity contribution in [1.82, 2.24) is 0 Å². The van der Waals surface area contributed by atoms with Crippen molar-refractivity contribution in [1.29, 1.82) is 5.41 Å². The van der Waals surface area contributed by atoms with Crippen LogP contribution in [0.1, 0.15) is 34.7 Å². The topological polar surface area (TPSA) is 49.9 Å². The van der Waals surface area contributed by atoms with E-state index in [1.54, 1.807) is 0 Å². The van der Waals surface area contributed by atoms with Crippen LogP contribution in [0.15, 0.2) is 72.4 Å². The quantitative estimate of drug-likeness (QED) is 0.463. The lowest BCUT2D eigenvalue weighted by Crippen LogP contribution is -2.13. The monoisotopic (exact) mass is 384 g/mol. The van der Waals surface area contributed by atoms with E-state index in [1.165, 1.54) is 39.0 Å². The molecular weight excluding hydrogens is 360 g/mol. The van der Waals surface area contributed by atoms with E-state index in [2.05, 4.69) is 55.6 Å². The molecule has 0 unspecified atom stereocenters. The minimum Gasteiger partial charge on any atom is -0.399 e. The lowest BCUT2D eigenvalue weighted by Gasteiger charge is -2.28. The fourth-order valence-corrected chi connectivity index (χ4v) is 4.28. The molecule has 2 aromatic rings. The number of anilines is 1. The predicted octanol–water partition coefficient (Wildman–Crippen LogP) is 5.65. The Labute approximate surface area is 172 Å². The van der Waals surface area contributed by atoms with Gasteiger partial charge >= 0.3 is 0 Å². The van der Waals surface area contributed by atoms with E-state index in [4.69, 9.17) is 11.1 Å². The molecule has 4 rings (SSSR count). The summed E-state index contributed by atoms with van der Waals surface area (Å²) in [5, 5.41) is 8.07. The number of nitrogen functional groups attached to an aromatic ring is 1. The van der Waals surface area contributed by atoms with Gasteiger partial charge in [-0.25, -0.2) is 0 Å². The van der Waals surface area contributed by atoms with Gasteiger partial charge in [0, 0.05) is 5.69 Å². The normalized spacial score (nSPS) is 15.2. The number of nitrogens with two attached hydrogens (primary N) is 1. The molecule has 0 spiro atoms. The van der Waals surface area contributed by atoms with Crippen LogP contribution >= 0.6 is 12.6 Å². The highest BCUT2D eigenvalue weighted by Gasteiger charge is 2.26. The number of hydrogen-bond donors (Lipinski definition) is 3. The van der Waals surface area contributed by atoms with Gasteiger partial charge in [-0.05, 0) is 100 Å². The van der Waals surface area contributed by atoms with E-state index in [9.17, 15) is 0 Å². The van der Waals surface area contributed by atoms with Gasteiger partial charge in [-0.1, -0.05) is 36.4 Å². The maximum absolute atomic E-state index is 8.07. The van der Waals surface area contributed by atoms with Gasteiger partial charge < -0.3 is 11.1 Å². The summed E-state index contributed by atoms with van der Waals surface area (Å²) in [6, 6.07) is 12.8. The van der Waals surface area contributed by atoms with Gasteiger partial charge in [0.2, 0.25) is 0 Å². The van der Waals surface area contributed by atoms with Crippen LogP contribution in [0, 0.1) is 5.41 Å². The molecule has 2 nitrogen and oxygen atoms in total. The highest BCUT2D eigenvalue weighted by molar-refractivity contribution is 7.80. The average molecular weight is 385 g/mol. The van der Waals surface area contributed by atoms with Gasteiger partial charge in [-0.3, -0.25) is 0 Å². The molecule has 0 bridgehead atoms. The third kappa shape index (κ3) is 3.27. The summed E-state index contributed by atoms with van der Waals surface area (Å²) < 4.78 is 0. The summed E-state index contributed by atoms with van der Waals surface area (Å²) in [6.07, 6.45) is 7.64. The van der Waals surface area contributed by atoms with Crippen LogP contribution in [0.4, 0.5) is 5.69 Å². The summed E-state index contributed by atoms with van der Waals surface area (Å²) in [5.41, 5.74) is 18.1. The first kappa shape index (κ1) is 18.6. The number of aryl methyl sites for hydroxylation is 1. The van der Waals surface area contributed by atoms with E-state index in [1.807, 2.05) is 25.1 Å². The standard InChI is InChI=1S/C25H24N2S/c1-15(2)17-4-3-16(9-10-28)24(14-17)25-22-7-5-20(26)12-18(22)11-19-13-21(27)6-8-23(19)25/h3-8,12-14,26,28H,1,9-11,27H2,2H3. The number of benzene rings is 2. The van der Waals surface area contributed by atoms with E-state index in [0.29, 0.717) is 5.71 Å². The van der Waals surface area contributed by atoms with Crippen LogP contribution in [0.5, 0.6) is 0 Å². The van der Waals surface area contributed by atoms with Crippen LogP contribution < -0.4 is 5.73 Å². The molecule has 3 N–H and O–H groups in total. The molecule has 0 fully saturated rings. The first-order valence-corrected chi connectivity index (χ1v) is 10.1. The number of fused-ring (bicyclic) bond motifs is 2.